The molecule has 0 aromatic heterocycles. The highest BCUT2D eigenvalue weighted by atomic mass is 32.2. The van der Waals surface area contributed by atoms with Crippen LogP contribution in [0.2, 0.25) is 0 Å². The Morgan fingerprint density at radius 1 is 0.757 bits per heavy atom. The lowest BCUT2D eigenvalue weighted by atomic mass is 10.00. The van der Waals surface area contributed by atoms with Crippen LogP contribution in [0.15, 0.2) is 48.5 Å². The van der Waals surface area contributed by atoms with Gasteiger partial charge >= 0.3 is 18.1 Å². The molecular weight excluding hydrogens is 521 g/mol. The number of unbranched alkanes of at least 4 members (excludes halogenated alkanes) is 5. The van der Waals surface area contributed by atoms with Crippen molar-refractivity contribution in [3.63, 3.8) is 0 Å². The molecule has 0 unspecified atom stereocenters. The van der Waals surface area contributed by atoms with E-state index in [0.29, 0.717) is 17.9 Å². The van der Waals surface area contributed by atoms with Crippen molar-refractivity contribution in [1.29, 1.82) is 0 Å². The predicted molar refractivity (Wildman–Crippen MR) is 145 cm³/mol. The molecule has 0 spiro atoms. The Kier molecular flexibility index (Phi) is 14.0. The molecule has 204 valence electrons. The van der Waals surface area contributed by atoms with Crippen LogP contribution >= 0.6 is 23.5 Å². The highest BCUT2D eigenvalue weighted by Crippen LogP contribution is 2.42. The smallest absolute Gasteiger partial charge is 0.416 e. The van der Waals surface area contributed by atoms with Crippen LogP contribution in [0.4, 0.5) is 13.2 Å². The first-order valence-corrected chi connectivity index (χ1v) is 14.7. The van der Waals surface area contributed by atoms with Crippen molar-refractivity contribution in [2.24, 2.45) is 0 Å². The van der Waals surface area contributed by atoms with Crippen molar-refractivity contribution in [2.75, 3.05) is 11.5 Å². The van der Waals surface area contributed by atoms with Gasteiger partial charge in [-0.15, -0.1) is 23.5 Å². The van der Waals surface area contributed by atoms with Crippen LogP contribution in [0, 0.1) is 0 Å². The maximum atomic E-state index is 12.8. The summed E-state index contributed by atoms with van der Waals surface area (Å²) >= 11 is 3.10. The normalized spacial score (nSPS) is 11.7. The molecular formula is C28H35F3O4S2. The molecule has 0 radical (unpaired) electrons. The van der Waals surface area contributed by atoms with E-state index < -0.39 is 23.7 Å². The van der Waals surface area contributed by atoms with Gasteiger partial charge in [0.05, 0.1) is 23.0 Å². The molecule has 0 aliphatic rings. The average molecular weight is 557 g/mol. The van der Waals surface area contributed by atoms with Crippen LogP contribution in [0.3, 0.4) is 0 Å². The average Bonchev–Trinajstić information content (AvgIpc) is 2.84. The SMILES string of the molecule is O=C(O)CCSC(SCCC(=O)O)c1ccccc1CCCCCCCCc1cccc(C(F)(F)F)c1. The molecule has 4 nitrogen and oxygen atoms in total. The van der Waals surface area contributed by atoms with E-state index >= 15 is 0 Å². The molecule has 0 amide bonds. The quantitative estimate of drug-likeness (QED) is 0.142. The van der Waals surface area contributed by atoms with Crippen molar-refractivity contribution < 1.29 is 33.0 Å². The van der Waals surface area contributed by atoms with E-state index in [-0.39, 0.29) is 17.4 Å². The molecule has 0 heterocycles. The molecule has 0 fully saturated rings. The second kappa shape index (κ2) is 16.7. The highest BCUT2D eigenvalue weighted by molar-refractivity contribution is 8.16. The minimum Gasteiger partial charge on any atom is -0.481 e. The number of alkyl halides is 3. The number of hydrogen-bond donors (Lipinski definition) is 2. The van der Waals surface area contributed by atoms with Gasteiger partial charge in [-0.1, -0.05) is 68.1 Å². The molecule has 2 aromatic rings. The number of rotatable bonds is 18. The van der Waals surface area contributed by atoms with Crippen molar-refractivity contribution in [1.82, 2.24) is 0 Å². The van der Waals surface area contributed by atoms with Crippen LogP contribution in [0.25, 0.3) is 0 Å². The number of halogens is 3. The molecule has 0 saturated heterocycles. The third kappa shape index (κ3) is 12.8. The first-order chi connectivity index (χ1) is 17.7. The Morgan fingerprint density at radius 2 is 1.32 bits per heavy atom. The topological polar surface area (TPSA) is 74.6 Å². The lowest BCUT2D eigenvalue weighted by molar-refractivity contribution is -0.138. The van der Waals surface area contributed by atoms with Gasteiger partial charge in [0.15, 0.2) is 0 Å². The summed E-state index contributed by atoms with van der Waals surface area (Å²) in [6.45, 7) is 0. The lowest BCUT2D eigenvalue weighted by Gasteiger charge is -2.20. The van der Waals surface area contributed by atoms with Gasteiger partial charge in [-0.3, -0.25) is 9.59 Å². The van der Waals surface area contributed by atoms with Crippen LogP contribution in [0.1, 0.15) is 78.2 Å². The standard InChI is InChI=1S/C28H35F3O4S2/c29-28(30,31)23-14-9-11-21(20-23)10-5-3-1-2-4-6-12-22-13-7-8-15-24(22)27(36-18-16-25(32)33)37-19-17-26(34)35/h7-9,11,13-15,20,27H,1-6,10,12,16-19H2,(H,32,33)(H,34,35). The summed E-state index contributed by atoms with van der Waals surface area (Å²) in [6.07, 6.45) is 3.40. The minimum absolute atomic E-state index is 0.00857. The summed E-state index contributed by atoms with van der Waals surface area (Å²) < 4.78 is 38.5. The van der Waals surface area contributed by atoms with E-state index in [1.807, 2.05) is 12.1 Å². The molecule has 2 N–H and O–H groups in total. The third-order valence-electron chi connectivity index (χ3n) is 5.90. The van der Waals surface area contributed by atoms with E-state index in [2.05, 4.69) is 12.1 Å². The molecule has 0 aliphatic heterocycles. The number of benzene rings is 2. The van der Waals surface area contributed by atoms with Gasteiger partial charge in [0, 0.05) is 11.5 Å². The molecule has 0 bridgehead atoms. The number of aryl methyl sites for hydroxylation is 2. The monoisotopic (exact) mass is 556 g/mol. The van der Waals surface area contributed by atoms with E-state index in [4.69, 9.17) is 10.2 Å². The number of aliphatic carboxylic acids is 2. The summed E-state index contributed by atoms with van der Waals surface area (Å²) in [5.41, 5.74) is 2.48. The molecule has 2 rings (SSSR count). The van der Waals surface area contributed by atoms with Gasteiger partial charge in [-0.05, 0) is 48.4 Å². The van der Waals surface area contributed by atoms with Crippen molar-refractivity contribution in [3.8, 4) is 0 Å². The summed E-state index contributed by atoms with van der Waals surface area (Å²) in [5, 5.41) is 18.0. The number of carboxylic acids is 2. The second-order valence-corrected chi connectivity index (χ2v) is 11.6. The second-order valence-electron chi connectivity index (χ2n) is 8.88. The maximum absolute atomic E-state index is 12.8. The van der Waals surface area contributed by atoms with Crippen LogP contribution in [-0.4, -0.2) is 33.7 Å². The fourth-order valence-electron chi connectivity index (χ4n) is 3.98. The Labute approximate surface area is 225 Å². The van der Waals surface area contributed by atoms with E-state index in [1.54, 1.807) is 29.6 Å². The zero-order valence-corrected chi connectivity index (χ0v) is 22.5. The molecule has 37 heavy (non-hydrogen) atoms. The number of carbonyl (C=O) groups is 2. The van der Waals surface area contributed by atoms with Crippen molar-refractivity contribution in [2.45, 2.75) is 75.0 Å². The molecule has 9 heteroatoms. The summed E-state index contributed by atoms with van der Waals surface area (Å²) in [4.78, 5) is 21.9. The Morgan fingerprint density at radius 3 is 1.92 bits per heavy atom. The van der Waals surface area contributed by atoms with Crippen molar-refractivity contribution in [3.05, 3.63) is 70.8 Å². The van der Waals surface area contributed by atoms with E-state index in [1.165, 1.54) is 17.7 Å². The van der Waals surface area contributed by atoms with Gasteiger partial charge in [-0.25, -0.2) is 0 Å². The van der Waals surface area contributed by atoms with Crippen molar-refractivity contribution >= 4 is 35.5 Å². The summed E-state index contributed by atoms with van der Waals surface area (Å²) in [5.74, 6) is -0.751. The van der Waals surface area contributed by atoms with Gasteiger partial charge in [0.25, 0.3) is 0 Å². The largest absolute Gasteiger partial charge is 0.481 e. The number of carboxylic acid groups (broad SMARTS) is 2. The van der Waals surface area contributed by atoms with Gasteiger partial charge in [0.1, 0.15) is 0 Å². The Hall–Kier alpha value is -2.13. The van der Waals surface area contributed by atoms with Gasteiger partial charge in [0.2, 0.25) is 0 Å². The minimum atomic E-state index is -4.30. The molecule has 0 atom stereocenters. The van der Waals surface area contributed by atoms with Crippen LogP contribution in [-0.2, 0) is 28.6 Å². The summed E-state index contributed by atoms with van der Waals surface area (Å²) in [7, 11) is 0. The lowest BCUT2D eigenvalue weighted by Crippen LogP contribution is -2.05. The first kappa shape index (κ1) is 31.1. The zero-order chi connectivity index (χ0) is 27.1. The fourth-order valence-corrected chi connectivity index (χ4v) is 6.78. The van der Waals surface area contributed by atoms with Gasteiger partial charge < -0.3 is 10.2 Å². The van der Waals surface area contributed by atoms with E-state index in [0.717, 1.165) is 62.1 Å². The third-order valence-corrected chi connectivity index (χ3v) is 8.70. The van der Waals surface area contributed by atoms with E-state index in [9.17, 15) is 22.8 Å². The summed E-state index contributed by atoms with van der Waals surface area (Å²) in [6, 6.07) is 13.7. The van der Waals surface area contributed by atoms with Crippen LogP contribution in [0.5, 0.6) is 0 Å². The first-order valence-electron chi connectivity index (χ1n) is 12.6. The number of thioether (sulfide) groups is 2. The number of hydrogen-bond acceptors (Lipinski definition) is 4. The molecule has 0 saturated carbocycles. The zero-order valence-electron chi connectivity index (χ0n) is 20.8. The maximum Gasteiger partial charge on any atom is 0.416 e. The Bertz CT molecular complexity index is 962. The molecule has 0 aliphatic carbocycles. The van der Waals surface area contributed by atoms with Crippen LogP contribution < -0.4 is 0 Å². The predicted octanol–water partition coefficient (Wildman–Crippen LogP) is 8.25. The fraction of sp³-hybridized carbons (Fsp3) is 0.500. The highest BCUT2D eigenvalue weighted by Gasteiger charge is 2.30. The molecule has 2 aromatic carbocycles. The van der Waals surface area contributed by atoms with Gasteiger partial charge in [-0.2, -0.15) is 13.2 Å². The Balaban J connectivity index is 1.76.